The molecule has 5 rings (SSSR count). The molecule has 4 aromatic rings. The van der Waals surface area contributed by atoms with E-state index in [1.165, 1.54) is 18.4 Å². The molecule has 0 unspecified atom stereocenters. The lowest BCUT2D eigenvalue weighted by atomic mass is 10.0. The van der Waals surface area contributed by atoms with Crippen LogP contribution in [-0.4, -0.2) is 40.3 Å². The van der Waals surface area contributed by atoms with Gasteiger partial charge in [-0.15, -0.1) is 0 Å². The van der Waals surface area contributed by atoms with Crippen molar-refractivity contribution in [3.63, 3.8) is 0 Å². The molecule has 40 heavy (non-hydrogen) atoms. The van der Waals surface area contributed by atoms with Crippen LogP contribution in [0.15, 0.2) is 63.9 Å². The monoisotopic (exact) mass is 540 g/mol. The van der Waals surface area contributed by atoms with Crippen LogP contribution in [0.2, 0.25) is 0 Å². The van der Waals surface area contributed by atoms with Gasteiger partial charge in [0.2, 0.25) is 5.71 Å². The first kappa shape index (κ1) is 26.9. The van der Waals surface area contributed by atoms with Crippen LogP contribution in [0.5, 0.6) is 0 Å². The van der Waals surface area contributed by atoms with Gasteiger partial charge in [0.1, 0.15) is 25.0 Å². The number of furan rings is 1. The lowest BCUT2D eigenvalue weighted by Crippen LogP contribution is -2.31. The Hall–Kier alpha value is -4.68. The zero-order valence-electron chi connectivity index (χ0n) is 22.6. The van der Waals surface area contributed by atoms with Gasteiger partial charge in [0.15, 0.2) is 5.76 Å². The van der Waals surface area contributed by atoms with Crippen molar-refractivity contribution in [2.24, 2.45) is 0 Å². The van der Waals surface area contributed by atoms with Gasteiger partial charge < -0.3 is 18.6 Å². The smallest absolute Gasteiger partial charge is 0.353 e. The third-order valence-corrected chi connectivity index (χ3v) is 6.57. The highest BCUT2D eigenvalue weighted by Crippen LogP contribution is 2.34. The van der Waals surface area contributed by atoms with Crippen molar-refractivity contribution in [2.75, 3.05) is 6.61 Å². The Morgan fingerprint density at radius 3 is 2.33 bits per heavy atom. The van der Waals surface area contributed by atoms with Gasteiger partial charge in [-0.05, 0) is 26.0 Å². The predicted molar refractivity (Wildman–Crippen MR) is 146 cm³/mol. The minimum Gasteiger partial charge on any atom is -0.463 e. The van der Waals surface area contributed by atoms with Gasteiger partial charge in [-0.3, -0.25) is 14.2 Å². The van der Waals surface area contributed by atoms with Crippen molar-refractivity contribution in [1.29, 1.82) is 0 Å². The fourth-order valence-corrected chi connectivity index (χ4v) is 4.54. The second-order valence-corrected chi connectivity index (χ2v) is 9.75. The van der Waals surface area contributed by atoms with Crippen LogP contribution in [0.4, 0.5) is 0 Å². The summed E-state index contributed by atoms with van der Waals surface area (Å²) in [6, 6.07) is 15.7. The average Bonchev–Trinajstić information content (AvgIpc) is 3.47. The van der Waals surface area contributed by atoms with E-state index in [4.69, 9.17) is 18.6 Å². The molecule has 1 aliphatic rings. The Labute approximate surface area is 230 Å². The van der Waals surface area contributed by atoms with Crippen molar-refractivity contribution >= 4 is 23.0 Å². The molecule has 1 aliphatic heterocycles. The number of aromatic nitrogens is 2. The van der Waals surface area contributed by atoms with Gasteiger partial charge in [-0.2, -0.15) is 4.98 Å². The first-order chi connectivity index (χ1) is 19.2. The SMILES string of the molecule is CC(=O)OC[C@H]1O[C@@H](n2cc3c(C#Cc4ccc(C)cc4)c(-c4ccc(C)cc4)oc3nc2=O)C[C@@H]1OC(C)=O. The summed E-state index contributed by atoms with van der Waals surface area (Å²) in [5, 5.41) is 0.533. The highest BCUT2D eigenvalue weighted by Gasteiger charge is 2.40. The molecule has 0 amide bonds. The molecule has 1 saturated heterocycles. The number of rotatable bonds is 5. The summed E-state index contributed by atoms with van der Waals surface area (Å²) >= 11 is 0. The van der Waals surface area contributed by atoms with Gasteiger partial charge in [0, 0.05) is 37.6 Å². The number of hydrogen-bond donors (Lipinski definition) is 0. The van der Waals surface area contributed by atoms with E-state index in [1.807, 2.05) is 62.4 Å². The van der Waals surface area contributed by atoms with Crippen LogP contribution < -0.4 is 5.69 Å². The van der Waals surface area contributed by atoms with Crippen LogP contribution in [0.3, 0.4) is 0 Å². The Morgan fingerprint density at radius 2 is 1.68 bits per heavy atom. The summed E-state index contributed by atoms with van der Waals surface area (Å²) < 4.78 is 23.9. The van der Waals surface area contributed by atoms with E-state index in [0.717, 1.165) is 22.3 Å². The Balaban J connectivity index is 1.59. The zero-order valence-corrected chi connectivity index (χ0v) is 22.6. The van der Waals surface area contributed by atoms with E-state index in [2.05, 4.69) is 16.8 Å². The Bertz CT molecular complexity index is 1690. The van der Waals surface area contributed by atoms with Crippen molar-refractivity contribution < 1.29 is 28.2 Å². The average molecular weight is 541 g/mol. The quantitative estimate of drug-likeness (QED) is 0.270. The number of hydrogen-bond acceptors (Lipinski definition) is 8. The maximum absolute atomic E-state index is 13.1. The van der Waals surface area contributed by atoms with Crippen LogP contribution in [0, 0.1) is 25.7 Å². The van der Waals surface area contributed by atoms with Gasteiger partial charge in [-0.1, -0.05) is 59.4 Å². The summed E-state index contributed by atoms with van der Waals surface area (Å²) in [6.07, 6.45) is -0.489. The van der Waals surface area contributed by atoms with Crippen molar-refractivity contribution in [1.82, 2.24) is 9.55 Å². The number of nitrogens with zero attached hydrogens (tertiary/aromatic N) is 2. The number of ether oxygens (including phenoxy) is 3. The third-order valence-electron chi connectivity index (χ3n) is 6.57. The first-order valence-corrected chi connectivity index (χ1v) is 12.9. The summed E-state index contributed by atoms with van der Waals surface area (Å²) in [4.78, 5) is 40.4. The van der Waals surface area contributed by atoms with Crippen LogP contribution in [-0.2, 0) is 23.8 Å². The lowest BCUT2D eigenvalue weighted by molar-refractivity contribution is -0.155. The largest absolute Gasteiger partial charge is 0.463 e. The second kappa shape index (κ2) is 11.2. The molecular weight excluding hydrogens is 512 g/mol. The van der Waals surface area contributed by atoms with Crippen molar-refractivity contribution in [3.05, 3.63) is 87.5 Å². The van der Waals surface area contributed by atoms with E-state index in [-0.39, 0.29) is 18.7 Å². The summed E-state index contributed by atoms with van der Waals surface area (Å²) in [5.41, 5.74) is 3.96. The standard InChI is InChI=1S/C31H28N2O7/c1-18-5-9-22(10-6-18)11-14-24-25-16-33(28-15-26(38-21(4)35)27(39-28)17-37-20(3)34)31(36)32-30(25)40-29(24)23-12-7-19(2)8-13-23/h5-10,12-13,16,26-28H,15,17H2,1-4H3/t26-,27+,28+/m0/s1. The number of carbonyl (C=O) groups excluding carboxylic acids is 2. The number of esters is 2. The van der Waals surface area contributed by atoms with E-state index in [1.54, 1.807) is 6.20 Å². The number of fused-ring (bicyclic) bond motifs is 1. The normalized spacial score (nSPS) is 18.2. The predicted octanol–water partition coefficient (Wildman–Crippen LogP) is 4.46. The Kier molecular flexibility index (Phi) is 7.54. The molecule has 0 bridgehead atoms. The topological polar surface area (TPSA) is 110 Å². The molecule has 0 radical (unpaired) electrons. The minimum atomic E-state index is -0.815. The molecular formula is C31H28N2O7. The molecule has 1 fully saturated rings. The minimum absolute atomic E-state index is 0.120. The molecule has 9 nitrogen and oxygen atoms in total. The highest BCUT2D eigenvalue weighted by atomic mass is 16.6. The summed E-state index contributed by atoms with van der Waals surface area (Å²) in [7, 11) is 0. The van der Waals surface area contributed by atoms with Crippen molar-refractivity contribution in [2.45, 2.75) is 52.6 Å². The molecule has 3 atom stereocenters. The van der Waals surface area contributed by atoms with Gasteiger partial charge in [-0.25, -0.2) is 4.79 Å². The van der Waals surface area contributed by atoms with Crippen LogP contribution in [0.25, 0.3) is 22.4 Å². The Morgan fingerprint density at radius 1 is 1.00 bits per heavy atom. The molecule has 204 valence electrons. The van der Waals surface area contributed by atoms with Gasteiger partial charge in [0.05, 0.1) is 10.9 Å². The van der Waals surface area contributed by atoms with E-state index in [9.17, 15) is 14.4 Å². The molecule has 0 saturated carbocycles. The lowest BCUT2D eigenvalue weighted by Gasteiger charge is -2.17. The van der Waals surface area contributed by atoms with Crippen molar-refractivity contribution in [3.8, 4) is 23.2 Å². The molecule has 2 aromatic carbocycles. The van der Waals surface area contributed by atoms with Crippen LogP contribution in [0.1, 0.15) is 48.8 Å². The number of carbonyl (C=O) groups is 2. The highest BCUT2D eigenvalue weighted by molar-refractivity contribution is 5.89. The maximum Gasteiger partial charge on any atom is 0.353 e. The molecule has 0 N–H and O–H groups in total. The first-order valence-electron chi connectivity index (χ1n) is 12.9. The molecule has 3 heterocycles. The molecule has 0 spiro atoms. The summed E-state index contributed by atoms with van der Waals surface area (Å²) in [5.74, 6) is 5.92. The van der Waals surface area contributed by atoms with E-state index < -0.39 is 36.1 Å². The molecule has 0 aliphatic carbocycles. The number of aryl methyl sites for hydroxylation is 2. The fourth-order valence-electron chi connectivity index (χ4n) is 4.54. The van der Waals surface area contributed by atoms with Gasteiger partial charge in [0.25, 0.3) is 0 Å². The molecule has 9 heteroatoms. The van der Waals surface area contributed by atoms with Gasteiger partial charge >= 0.3 is 17.6 Å². The number of benzene rings is 2. The maximum atomic E-state index is 13.1. The molecule has 2 aromatic heterocycles. The zero-order chi connectivity index (χ0) is 28.4. The van der Waals surface area contributed by atoms with Crippen LogP contribution >= 0.6 is 0 Å². The summed E-state index contributed by atoms with van der Waals surface area (Å²) in [6.45, 7) is 6.44. The van der Waals surface area contributed by atoms with E-state index >= 15 is 0 Å². The van der Waals surface area contributed by atoms with E-state index in [0.29, 0.717) is 16.7 Å². The fraction of sp³-hybridized carbons (Fsp3) is 0.290. The third kappa shape index (κ3) is 5.82. The second-order valence-electron chi connectivity index (χ2n) is 9.75.